The Morgan fingerprint density at radius 2 is 1.77 bits per heavy atom. The van der Waals surface area contributed by atoms with Crippen LogP contribution in [-0.2, 0) is 15.0 Å². The number of primary amides is 1. The standard InChI is InChI=1S/C30H34FN5O3/c1-39-23-8-4-21(5-9-23)34-26-24(25(32)27(33)37)30(13-14-30)18-36(28(26)38)22-6-2-19(3-7-22)29(11-12-29)17-35-15-10-20(31)16-35/h2-9,20H,10-18,32H2,1H3,(H2,33,37)/p+1/t20-/m1/s1. The van der Waals surface area contributed by atoms with Gasteiger partial charge in [0.15, 0.2) is 0 Å². The summed E-state index contributed by atoms with van der Waals surface area (Å²) in [7, 11) is 1.59. The number of nitrogens with two attached hydrogens (primary N) is 2. The van der Waals surface area contributed by atoms with Crippen LogP contribution in [0.5, 0.6) is 5.75 Å². The molecule has 9 heteroatoms. The number of likely N-dealkylation sites (tertiary alicyclic amines) is 1. The number of alkyl halides is 1. The molecule has 2 saturated heterocycles. The number of piperidine rings is 1. The van der Waals surface area contributed by atoms with Gasteiger partial charge in [-0.05, 0) is 61.9 Å². The topological polar surface area (TPSA) is 116 Å². The molecule has 4 aliphatic rings. The summed E-state index contributed by atoms with van der Waals surface area (Å²) in [5.41, 5.74) is 14.9. The third kappa shape index (κ3) is 4.69. The number of amides is 2. The van der Waals surface area contributed by atoms with E-state index in [0.29, 0.717) is 36.5 Å². The van der Waals surface area contributed by atoms with Crippen LogP contribution in [0.2, 0.25) is 0 Å². The Labute approximate surface area is 227 Å². The number of methoxy groups -OCH3 is 1. The third-order valence-corrected chi connectivity index (χ3v) is 8.83. The molecule has 5 N–H and O–H groups in total. The molecule has 2 aliphatic carbocycles. The predicted octanol–water partition coefficient (Wildman–Crippen LogP) is 1.45. The van der Waals surface area contributed by atoms with Gasteiger partial charge < -0.3 is 21.1 Å². The van der Waals surface area contributed by atoms with Gasteiger partial charge in [-0.3, -0.25) is 14.5 Å². The Hall–Kier alpha value is -3.72. The molecule has 2 heterocycles. The number of carbonyl (C=O) groups excluding carboxylic acids is 2. The van der Waals surface area contributed by atoms with Crippen molar-refractivity contribution in [1.82, 2.24) is 4.90 Å². The fourth-order valence-electron chi connectivity index (χ4n) is 6.25. The summed E-state index contributed by atoms with van der Waals surface area (Å²) in [6, 6.07) is 15.4. The van der Waals surface area contributed by atoms with Crippen molar-refractivity contribution < 1.29 is 23.7 Å². The lowest BCUT2D eigenvalue weighted by atomic mass is 9.84. The molecule has 0 unspecified atom stereocenters. The van der Waals surface area contributed by atoms with E-state index in [1.807, 2.05) is 24.3 Å². The van der Waals surface area contributed by atoms with Gasteiger partial charge in [-0.25, -0.2) is 9.38 Å². The van der Waals surface area contributed by atoms with E-state index in [9.17, 15) is 14.0 Å². The zero-order valence-electron chi connectivity index (χ0n) is 22.2. The highest BCUT2D eigenvalue weighted by molar-refractivity contribution is 6.49. The van der Waals surface area contributed by atoms with Crippen LogP contribution in [0.1, 0.15) is 37.7 Å². The molecule has 4 fully saturated rings. The average molecular weight is 533 g/mol. The van der Waals surface area contributed by atoms with Crippen molar-refractivity contribution in [3.63, 3.8) is 0 Å². The Bertz CT molecular complexity index is 1360. The van der Waals surface area contributed by atoms with Crippen LogP contribution in [0.15, 0.2) is 59.8 Å². The van der Waals surface area contributed by atoms with Gasteiger partial charge in [0.1, 0.15) is 17.6 Å². The zero-order valence-corrected chi connectivity index (χ0v) is 22.2. The Morgan fingerprint density at radius 1 is 1.08 bits per heavy atom. The van der Waals surface area contributed by atoms with Crippen molar-refractivity contribution in [2.24, 2.45) is 16.9 Å². The van der Waals surface area contributed by atoms with Crippen molar-refractivity contribution in [1.29, 1.82) is 0 Å². The number of nitrogens with one attached hydrogen (secondary N) is 1. The van der Waals surface area contributed by atoms with Crippen molar-refractivity contribution in [3.8, 4) is 5.75 Å². The van der Waals surface area contributed by atoms with E-state index in [2.05, 4.69) is 22.0 Å². The average Bonchev–Trinajstić information content (AvgIpc) is 3.85. The maximum atomic E-state index is 14.0. The molecule has 2 aromatic rings. The fourth-order valence-corrected chi connectivity index (χ4v) is 6.25. The lowest BCUT2D eigenvalue weighted by molar-refractivity contribution is -0.353. The van der Waals surface area contributed by atoms with Gasteiger partial charge in [-0.1, -0.05) is 12.1 Å². The number of hydrogen-bond acceptors (Lipinski definition) is 5. The van der Waals surface area contributed by atoms with Crippen molar-refractivity contribution in [3.05, 3.63) is 65.4 Å². The van der Waals surface area contributed by atoms with Gasteiger partial charge in [-0.2, -0.15) is 0 Å². The van der Waals surface area contributed by atoms with Crippen LogP contribution in [0, 0.1) is 5.41 Å². The molecule has 2 aromatic carbocycles. The first-order valence-corrected chi connectivity index (χ1v) is 13.6. The maximum Gasteiger partial charge on any atom is 0.323 e. The predicted molar refractivity (Wildman–Crippen MR) is 146 cm³/mol. The molecule has 39 heavy (non-hydrogen) atoms. The van der Waals surface area contributed by atoms with Crippen LogP contribution >= 0.6 is 0 Å². The molecule has 0 bridgehead atoms. The van der Waals surface area contributed by atoms with Crippen LogP contribution in [-0.4, -0.2) is 61.9 Å². The Balaban J connectivity index is 1.32. The second-order valence-electron chi connectivity index (χ2n) is 11.5. The second kappa shape index (κ2) is 9.48. The molecule has 0 radical (unpaired) electrons. The summed E-state index contributed by atoms with van der Waals surface area (Å²) in [6.07, 6.45) is 3.70. The summed E-state index contributed by atoms with van der Waals surface area (Å²) in [6.45, 7) is 2.64. The SMILES string of the molecule is COc1ccc([NH+]=C2C(=O)N(c3ccc(C4(CN5CC[C@@H](F)C5)CC4)cc3)CC3(CC3)C2=C(N)C(N)=O)cc1. The molecular weight excluding hydrogens is 497 g/mol. The van der Waals surface area contributed by atoms with Crippen LogP contribution in [0.25, 0.3) is 0 Å². The molecule has 6 rings (SSSR count). The number of rotatable bonds is 7. The summed E-state index contributed by atoms with van der Waals surface area (Å²) < 4.78 is 19.0. The highest BCUT2D eigenvalue weighted by Crippen LogP contribution is 2.56. The summed E-state index contributed by atoms with van der Waals surface area (Å²) in [4.78, 5) is 33.4. The highest BCUT2D eigenvalue weighted by Gasteiger charge is 2.58. The van der Waals surface area contributed by atoms with E-state index in [-0.39, 0.29) is 22.7 Å². The highest BCUT2D eigenvalue weighted by atomic mass is 19.1. The molecule has 2 aliphatic heterocycles. The van der Waals surface area contributed by atoms with Crippen molar-refractivity contribution in [2.75, 3.05) is 38.2 Å². The fraction of sp³-hybridized carbons (Fsp3) is 0.433. The minimum absolute atomic E-state index is 0.0695. The first-order valence-electron chi connectivity index (χ1n) is 13.6. The lowest BCUT2D eigenvalue weighted by Gasteiger charge is -2.34. The lowest BCUT2D eigenvalue weighted by Crippen LogP contribution is -2.73. The first-order chi connectivity index (χ1) is 18.7. The number of halogens is 1. The van der Waals surface area contributed by atoms with Crippen LogP contribution in [0.3, 0.4) is 0 Å². The van der Waals surface area contributed by atoms with E-state index in [0.717, 1.165) is 44.5 Å². The minimum Gasteiger partial charge on any atom is -0.497 e. The van der Waals surface area contributed by atoms with Gasteiger partial charge in [0, 0.05) is 54.8 Å². The summed E-state index contributed by atoms with van der Waals surface area (Å²) in [5.74, 6) is -0.304. The Kier molecular flexibility index (Phi) is 6.21. The quantitative estimate of drug-likeness (QED) is 0.467. The van der Waals surface area contributed by atoms with E-state index < -0.39 is 17.5 Å². The second-order valence-corrected chi connectivity index (χ2v) is 11.5. The first kappa shape index (κ1) is 25.6. The van der Waals surface area contributed by atoms with E-state index in [1.165, 1.54) is 5.56 Å². The number of ether oxygens (including phenoxy) is 1. The van der Waals surface area contributed by atoms with Gasteiger partial charge in [0.2, 0.25) is 5.69 Å². The largest absolute Gasteiger partial charge is 0.497 e. The number of benzene rings is 2. The van der Waals surface area contributed by atoms with Gasteiger partial charge in [-0.15, -0.1) is 0 Å². The molecule has 8 nitrogen and oxygen atoms in total. The summed E-state index contributed by atoms with van der Waals surface area (Å²) >= 11 is 0. The molecule has 204 valence electrons. The molecule has 1 spiro atoms. The van der Waals surface area contributed by atoms with Crippen LogP contribution in [0.4, 0.5) is 15.8 Å². The smallest absolute Gasteiger partial charge is 0.323 e. The number of carbonyl (C=O) groups is 2. The van der Waals surface area contributed by atoms with E-state index in [1.54, 1.807) is 24.1 Å². The Morgan fingerprint density at radius 3 is 2.31 bits per heavy atom. The molecule has 2 amide bonds. The third-order valence-electron chi connectivity index (χ3n) is 8.83. The van der Waals surface area contributed by atoms with Crippen molar-refractivity contribution >= 4 is 28.9 Å². The monoisotopic (exact) mass is 532 g/mol. The number of nitrogens with zero attached hydrogens (tertiary/aromatic N) is 2. The van der Waals surface area contributed by atoms with Crippen molar-refractivity contribution in [2.45, 2.75) is 43.7 Å². The maximum absolute atomic E-state index is 14.0. The van der Waals surface area contributed by atoms with Crippen LogP contribution < -0.4 is 26.1 Å². The van der Waals surface area contributed by atoms with E-state index in [4.69, 9.17) is 16.2 Å². The molecular formula is C30H35FN5O3+. The minimum atomic E-state index is -0.734. The summed E-state index contributed by atoms with van der Waals surface area (Å²) in [5, 5.41) is 0. The molecule has 1 atom stereocenters. The molecule has 0 aromatic heterocycles. The van der Waals surface area contributed by atoms with Gasteiger partial charge in [0.25, 0.3) is 11.6 Å². The van der Waals surface area contributed by atoms with Gasteiger partial charge >= 0.3 is 5.91 Å². The van der Waals surface area contributed by atoms with E-state index >= 15 is 0 Å². The molecule has 2 saturated carbocycles. The number of anilines is 1. The van der Waals surface area contributed by atoms with Gasteiger partial charge in [0.05, 0.1) is 12.7 Å². The normalized spacial score (nSPS) is 25.7. The zero-order chi connectivity index (χ0) is 27.4. The number of hydrogen-bond donors (Lipinski definition) is 3.